The van der Waals surface area contributed by atoms with Gasteiger partial charge in [0.1, 0.15) is 0 Å². The summed E-state index contributed by atoms with van der Waals surface area (Å²) >= 11 is 0. The van der Waals surface area contributed by atoms with Crippen LogP contribution in [0.5, 0.6) is 0 Å². The molecule has 0 aliphatic carbocycles. The summed E-state index contributed by atoms with van der Waals surface area (Å²) in [6.07, 6.45) is 2.76. The number of carboxylic acids is 1. The van der Waals surface area contributed by atoms with Crippen LogP contribution in [0.3, 0.4) is 0 Å². The van der Waals surface area contributed by atoms with Gasteiger partial charge < -0.3 is 15.3 Å². The van der Waals surface area contributed by atoms with Gasteiger partial charge in [-0.05, 0) is 32.6 Å². The number of carbonyl (C=O) groups is 2. The SMILES string of the molecule is CC(C)(CNC(=O)N1CCCC(CC(=O)O)C1)S(C)(=O)=O. The van der Waals surface area contributed by atoms with Crippen LogP contribution in [-0.2, 0) is 14.6 Å². The minimum atomic E-state index is -3.27. The Hall–Kier alpha value is -1.31. The third-order valence-electron chi connectivity index (χ3n) is 3.94. The van der Waals surface area contributed by atoms with Crippen molar-refractivity contribution in [2.75, 3.05) is 25.9 Å². The fourth-order valence-electron chi connectivity index (χ4n) is 2.19. The Labute approximate surface area is 125 Å². The molecule has 0 saturated carbocycles. The fraction of sp³-hybridized carbons (Fsp3) is 0.846. The van der Waals surface area contributed by atoms with Crippen molar-refractivity contribution in [1.82, 2.24) is 10.2 Å². The first kappa shape index (κ1) is 17.7. The van der Waals surface area contributed by atoms with Crippen molar-refractivity contribution in [2.24, 2.45) is 5.92 Å². The molecule has 0 aromatic rings. The van der Waals surface area contributed by atoms with Crippen LogP contribution in [-0.4, -0.2) is 61.1 Å². The van der Waals surface area contributed by atoms with E-state index in [9.17, 15) is 18.0 Å². The van der Waals surface area contributed by atoms with Crippen LogP contribution in [0.1, 0.15) is 33.1 Å². The van der Waals surface area contributed by atoms with Crippen LogP contribution in [0.2, 0.25) is 0 Å². The number of amides is 2. The first-order valence-corrected chi connectivity index (χ1v) is 8.86. The molecule has 0 aromatic carbocycles. The van der Waals surface area contributed by atoms with Crippen LogP contribution in [0, 0.1) is 5.92 Å². The van der Waals surface area contributed by atoms with Gasteiger partial charge in [0.2, 0.25) is 0 Å². The third-order valence-corrected chi connectivity index (χ3v) is 6.09. The van der Waals surface area contributed by atoms with E-state index < -0.39 is 20.6 Å². The standard InChI is InChI=1S/C13H24N2O5S/c1-13(2,21(3,19)20)9-14-12(18)15-6-4-5-10(8-15)7-11(16)17/h10H,4-9H2,1-3H3,(H,14,18)(H,16,17). The highest BCUT2D eigenvalue weighted by Crippen LogP contribution is 2.20. The summed E-state index contributed by atoms with van der Waals surface area (Å²) in [5.74, 6) is -0.898. The monoisotopic (exact) mass is 320 g/mol. The molecule has 21 heavy (non-hydrogen) atoms. The predicted molar refractivity (Wildman–Crippen MR) is 78.9 cm³/mol. The molecule has 1 saturated heterocycles. The number of rotatable bonds is 5. The zero-order chi connectivity index (χ0) is 16.3. The summed E-state index contributed by atoms with van der Waals surface area (Å²) in [5, 5.41) is 11.4. The van der Waals surface area contributed by atoms with Gasteiger partial charge in [0.15, 0.2) is 9.84 Å². The Morgan fingerprint density at radius 2 is 2.00 bits per heavy atom. The molecule has 7 nitrogen and oxygen atoms in total. The molecule has 122 valence electrons. The quantitative estimate of drug-likeness (QED) is 0.776. The van der Waals surface area contributed by atoms with E-state index in [2.05, 4.69) is 5.32 Å². The average Bonchev–Trinajstić information content (AvgIpc) is 2.34. The number of hydrogen-bond acceptors (Lipinski definition) is 4. The molecule has 1 heterocycles. The van der Waals surface area contributed by atoms with E-state index in [-0.39, 0.29) is 24.9 Å². The number of nitrogens with one attached hydrogen (secondary N) is 1. The van der Waals surface area contributed by atoms with Crippen molar-refractivity contribution in [3.8, 4) is 0 Å². The van der Waals surface area contributed by atoms with E-state index in [1.807, 2.05) is 0 Å². The normalized spacial score (nSPS) is 20.1. The molecule has 2 N–H and O–H groups in total. The topological polar surface area (TPSA) is 104 Å². The Kier molecular flexibility index (Phi) is 5.61. The minimum absolute atomic E-state index is 0.0325. The lowest BCUT2D eigenvalue weighted by molar-refractivity contribution is -0.138. The maximum Gasteiger partial charge on any atom is 0.317 e. The molecule has 0 spiro atoms. The van der Waals surface area contributed by atoms with Crippen LogP contribution in [0.15, 0.2) is 0 Å². The minimum Gasteiger partial charge on any atom is -0.481 e. The average molecular weight is 320 g/mol. The highest BCUT2D eigenvalue weighted by atomic mass is 32.2. The van der Waals surface area contributed by atoms with Crippen LogP contribution >= 0.6 is 0 Å². The molecule has 1 unspecified atom stereocenters. The molecular formula is C13H24N2O5S. The zero-order valence-electron chi connectivity index (χ0n) is 12.8. The molecule has 0 aromatic heterocycles. The fourth-order valence-corrected chi connectivity index (χ4v) is 2.53. The number of urea groups is 1. The highest BCUT2D eigenvalue weighted by molar-refractivity contribution is 7.92. The molecule has 2 amide bonds. The van der Waals surface area contributed by atoms with Gasteiger partial charge in [0, 0.05) is 32.3 Å². The summed E-state index contributed by atoms with van der Waals surface area (Å²) in [6.45, 7) is 4.13. The number of aliphatic carboxylic acids is 1. The summed E-state index contributed by atoms with van der Waals surface area (Å²) in [4.78, 5) is 24.4. The Morgan fingerprint density at radius 3 is 2.52 bits per heavy atom. The second-order valence-electron chi connectivity index (χ2n) is 6.24. The number of piperidine rings is 1. The maximum absolute atomic E-state index is 12.1. The molecular weight excluding hydrogens is 296 g/mol. The third kappa shape index (κ3) is 5.18. The van der Waals surface area contributed by atoms with Gasteiger partial charge >= 0.3 is 12.0 Å². The smallest absolute Gasteiger partial charge is 0.317 e. The number of likely N-dealkylation sites (tertiary alicyclic amines) is 1. The van der Waals surface area contributed by atoms with E-state index >= 15 is 0 Å². The molecule has 0 bridgehead atoms. The van der Waals surface area contributed by atoms with Gasteiger partial charge in [-0.25, -0.2) is 13.2 Å². The zero-order valence-corrected chi connectivity index (χ0v) is 13.6. The Balaban J connectivity index is 2.54. The molecule has 0 radical (unpaired) electrons. The molecule has 1 aliphatic heterocycles. The number of nitrogens with zero attached hydrogens (tertiary/aromatic N) is 1. The van der Waals surface area contributed by atoms with Gasteiger partial charge in [-0.2, -0.15) is 0 Å². The number of carboxylic acid groups (broad SMARTS) is 1. The molecule has 8 heteroatoms. The Morgan fingerprint density at radius 1 is 1.38 bits per heavy atom. The molecule has 1 aliphatic rings. The largest absolute Gasteiger partial charge is 0.481 e. The van der Waals surface area contributed by atoms with E-state index in [0.717, 1.165) is 19.1 Å². The second kappa shape index (κ2) is 6.64. The summed E-state index contributed by atoms with van der Waals surface area (Å²) < 4.78 is 22.1. The van der Waals surface area contributed by atoms with Gasteiger partial charge in [-0.15, -0.1) is 0 Å². The van der Waals surface area contributed by atoms with Crippen molar-refractivity contribution in [2.45, 2.75) is 37.9 Å². The van der Waals surface area contributed by atoms with Gasteiger partial charge in [0.25, 0.3) is 0 Å². The lowest BCUT2D eigenvalue weighted by Gasteiger charge is -2.33. The Bertz CT molecular complexity index is 501. The van der Waals surface area contributed by atoms with Gasteiger partial charge in [-0.3, -0.25) is 4.79 Å². The van der Waals surface area contributed by atoms with Crippen molar-refractivity contribution in [1.29, 1.82) is 0 Å². The van der Waals surface area contributed by atoms with Crippen LogP contribution < -0.4 is 5.32 Å². The molecule has 1 rings (SSSR count). The predicted octanol–water partition coefficient (Wildman–Crippen LogP) is 0.706. The first-order chi connectivity index (χ1) is 9.53. The van der Waals surface area contributed by atoms with E-state index in [0.29, 0.717) is 13.1 Å². The van der Waals surface area contributed by atoms with Crippen LogP contribution in [0.4, 0.5) is 4.79 Å². The molecule has 1 fully saturated rings. The second-order valence-corrected chi connectivity index (χ2v) is 8.89. The highest BCUT2D eigenvalue weighted by Gasteiger charge is 2.32. The molecule has 1 atom stereocenters. The number of sulfone groups is 1. The van der Waals surface area contributed by atoms with Gasteiger partial charge in [-0.1, -0.05) is 0 Å². The van der Waals surface area contributed by atoms with E-state index in [1.165, 1.54) is 0 Å². The van der Waals surface area contributed by atoms with Gasteiger partial charge in [0.05, 0.1) is 4.75 Å². The van der Waals surface area contributed by atoms with E-state index in [4.69, 9.17) is 5.11 Å². The van der Waals surface area contributed by atoms with Crippen molar-refractivity contribution < 1.29 is 23.1 Å². The van der Waals surface area contributed by atoms with Crippen LogP contribution in [0.25, 0.3) is 0 Å². The first-order valence-electron chi connectivity index (χ1n) is 6.97. The lowest BCUT2D eigenvalue weighted by atomic mass is 9.95. The number of carbonyl (C=O) groups excluding carboxylic acids is 1. The van der Waals surface area contributed by atoms with Crippen molar-refractivity contribution in [3.05, 3.63) is 0 Å². The van der Waals surface area contributed by atoms with E-state index in [1.54, 1.807) is 18.7 Å². The summed E-state index contributed by atoms with van der Waals surface area (Å²) in [6, 6.07) is -0.332. The lowest BCUT2D eigenvalue weighted by Crippen LogP contribution is -2.50. The maximum atomic E-state index is 12.1. The summed E-state index contributed by atoms with van der Waals surface area (Å²) in [7, 11) is -3.27. The van der Waals surface area contributed by atoms with Crippen molar-refractivity contribution in [3.63, 3.8) is 0 Å². The van der Waals surface area contributed by atoms with Crippen molar-refractivity contribution >= 4 is 21.8 Å². The summed E-state index contributed by atoms with van der Waals surface area (Å²) in [5.41, 5.74) is 0. The number of hydrogen-bond donors (Lipinski definition) is 2.